The molecule has 1 amide bonds. The van der Waals surface area contributed by atoms with Gasteiger partial charge in [-0.3, -0.25) is 14.2 Å². The molecule has 32 heavy (non-hydrogen) atoms. The van der Waals surface area contributed by atoms with Crippen LogP contribution in [0, 0.1) is 13.8 Å². The van der Waals surface area contributed by atoms with Crippen LogP contribution in [-0.2, 0) is 11.3 Å². The topological polar surface area (TPSA) is 82.5 Å². The van der Waals surface area contributed by atoms with Gasteiger partial charge in [0, 0.05) is 35.3 Å². The monoisotopic (exact) mass is 475 g/mol. The van der Waals surface area contributed by atoms with Crippen LogP contribution in [0.3, 0.4) is 0 Å². The van der Waals surface area contributed by atoms with Gasteiger partial charge in [-0.1, -0.05) is 25.1 Å². The number of aromatic nitrogens is 2. The molecule has 3 aromatic rings. The van der Waals surface area contributed by atoms with Gasteiger partial charge in [-0.25, -0.2) is 4.98 Å². The number of unbranched alkanes of at least 4 members (excludes halogenated alkanes) is 1. The molecule has 2 heterocycles. The summed E-state index contributed by atoms with van der Waals surface area (Å²) in [5.41, 5.74) is 1.54. The minimum atomic E-state index is -0.466. The van der Waals surface area contributed by atoms with Crippen LogP contribution in [-0.4, -0.2) is 34.9 Å². The second-order valence-electron chi connectivity index (χ2n) is 7.52. The Morgan fingerprint density at radius 3 is 2.47 bits per heavy atom. The molecule has 1 atom stereocenters. The van der Waals surface area contributed by atoms with Crippen molar-refractivity contribution in [2.24, 2.45) is 0 Å². The Morgan fingerprint density at radius 2 is 1.88 bits per heavy atom. The van der Waals surface area contributed by atoms with Gasteiger partial charge < -0.3 is 14.8 Å². The number of anilines is 1. The summed E-state index contributed by atoms with van der Waals surface area (Å²) >= 11 is 2.82. The lowest BCUT2D eigenvalue weighted by atomic mass is 10.2. The summed E-state index contributed by atoms with van der Waals surface area (Å²) in [5, 5.41) is 3.70. The first-order valence-electron chi connectivity index (χ1n) is 10.5. The van der Waals surface area contributed by atoms with Crippen molar-refractivity contribution in [3.8, 4) is 11.5 Å². The van der Waals surface area contributed by atoms with E-state index in [9.17, 15) is 9.59 Å². The van der Waals surface area contributed by atoms with Gasteiger partial charge in [-0.15, -0.1) is 11.3 Å². The van der Waals surface area contributed by atoms with Crippen LogP contribution in [0.5, 0.6) is 11.5 Å². The Balaban J connectivity index is 1.89. The standard InChI is InChI=1S/C23H29N3O4S2/c1-7-8-9-26-22(28)19-13(2)14(3)31-21(19)25-23(26)32-15(4)20(27)24-16-10-17(29-5)12-18(11-16)30-6/h10-12,15H,7-9H2,1-6H3,(H,24,27). The molecule has 172 valence electrons. The number of fused-ring (bicyclic) bond motifs is 1. The molecule has 0 aliphatic carbocycles. The van der Waals surface area contributed by atoms with E-state index in [0.717, 1.165) is 28.1 Å². The molecule has 0 radical (unpaired) electrons. The van der Waals surface area contributed by atoms with Crippen molar-refractivity contribution in [2.75, 3.05) is 19.5 Å². The summed E-state index contributed by atoms with van der Waals surface area (Å²) in [7, 11) is 3.12. The van der Waals surface area contributed by atoms with E-state index in [0.29, 0.717) is 34.3 Å². The quantitative estimate of drug-likeness (QED) is 0.346. The molecule has 1 aromatic carbocycles. The highest BCUT2D eigenvalue weighted by molar-refractivity contribution is 8.00. The number of rotatable bonds is 9. The second kappa shape index (κ2) is 10.4. The van der Waals surface area contributed by atoms with Gasteiger partial charge in [-0.05, 0) is 32.8 Å². The lowest BCUT2D eigenvalue weighted by Gasteiger charge is -2.16. The van der Waals surface area contributed by atoms with Crippen LogP contribution >= 0.6 is 23.1 Å². The summed E-state index contributed by atoms with van der Waals surface area (Å²) in [6.07, 6.45) is 1.83. The number of nitrogens with zero attached hydrogens (tertiary/aromatic N) is 2. The number of ether oxygens (including phenoxy) is 2. The number of hydrogen-bond acceptors (Lipinski definition) is 7. The number of thiophene rings is 1. The Bertz CT molecular complexity index is 1160. The van der Waals surface area contributed by atoms with Crippen molar-refractivity contribution < 1.29 is 14.3 Å². The van der Waals surface area contributed by atoms with E-state index in [1.54, 1.807) is 37.0 Å². The molecule has 1 N–H and O–H groups in total. The molecular weight excluding hydrogens is 446 g/mol. The molecule has 7 nitrogen and oxygen atoms in total. The lowest BCUT2D eigenvalue weighted by molar-refractivity contribution is -0.115. The average Bonchev–Trinajstić information content (AvgIpc) is 3.06. The third-order valence-corrected chi connectivity index (χ3v) is 7.45. The van der Waals surface area contributed by atoms with E-state index in [-0.39, 0.29) is 11.5 Å². The van der Waals surface area contributed by atoms with Gasteiger partial charge >= 0.3 is 0 Å². The van der Waals surface area contributed by atoms with Gasteiger partial charge in [0.1, 0.15) is 16.3 Å². The fourth-order valence-electron chi connectivity index (χ4n) is 3.25. The smallest absolute Gasteiger partial charge is 0.263 e. The first-order valence-corrected chi connectivity index (χ1v) is 12.2. The van der Waals surface area contributed by atoms with Gasteiger partial charge in [-0.2, -0.15) is 0 Å². The SMILES string of the molecule is CCCCn1c(SC(C)C(=O)Nc2cc(OC)cc(OC)c2)nc2sc(C)c(C)c2c1=O. The van der Waals surface area contributed by atoms with Gasteiger partial charge in [0.05, 0.1) is 24.9 Å². The Labute approximate surface area is 196 Å². The van der Waals surface area contributed by atoms with E-state index >= 15 is 0 Å². The number of thioether (sulfide) groups is 1. The van der Waals surface area contributed by atoms with Crippen molar-refractivity contribution in [1.29, 1.82) is 0 Å². The van der Waals surface area contributed by atoms with E-state index < -0.39 is 5.25 Å². The maximum Gasteiger partial charge on any atom is 0.263 e. The van der Waals surface area contributed by atoms with E-state index in [2.05, 4.69) is 12.2 Å². The summed E-state index contributed by atoms with van der Waals surface area (Å²) in [4.78, 5) is 32.8. The van der Waals surface area contributed by atoms with Crippen LogP contribution in [0.1, 0.15) is 37.1 Å². The fourth-order valence-corrected chi connectivity index (χ4v) is 5.25. The Kier molecular flexibility index (Phi) is 7.84. The van der Waals surface area contributed by atoms with Crippen LogP contribution in [0.2, 0.25) is 0 Å². The van der Waals surface area contributed by atoms with Crippen molar-refractivity contribution in [2.45, 2.75) is 57.5 Å². The zero-order valence-electron chi connectivity index (χ0n) is 19.3. The average molecular weight is 476 g/mol. The normalized spacial score (nSPS) is 12.1. The molecule has 0 bridgehead atoms. The first-order chi connectivity index (χ1) is 15.3. The largest absolute Gasteiger partial charge is 0.497 e. The number of aryl methyl sites for hydroxylation is 2. The molecule has 2 aromatic heterocycles. The molecule has 0 fully saturated rings. The fraction of sp³-hybridized carbons (Fsp3) is 0.435. The summed E-state index contributed by atoms with van der Waals surface area (Å²) < 4.78 is 12.3. The summed E-state index contributed by atoms with van der Waals surface area (Å²) in [6, 6.07) is 5.21. The van der Waals surface area contributed by atoms with Gasteiger partial charge in [0.25, 0.3) is 5.56 Å². The number of methoxy groups -OCH3 is 2. The van der Waals surface area contributed by atoms with Gasteiger partial charge in [0.15, 0.2) is 5.16 Å². The van der Waals surface area contributed by atoms with Crippen LogP contribution in [0.15, 0.2) is 28.2 Å². The third kappa shape index (κ3) is 5.10. The van der Waals surface area contributed by atoms with Crippen molar-refractivity contribution >= 4 is 44.9 Å². The number of amides is 1. The summed E-state index contributed by atoms with van der Waals surface area (Å²) in [5.74, 6) is 0.980. The van der Waals surface area contributed by atoms with E-state index in [4.69, 9.17) is 14.5 Å². The minimum absolute atomic E-state index is 0.0297. The molecule has 9 heteroatoms. The predicted octanol–water partition coefficient (Wildman–Crippen LogP) is 5.01. The maximum absolute atomic E-state index is 13.3. The first kappa shape index (κ1) is 24.1. The van der Waals surface area contributed by atoms with Crippen LogP contribution in [0.4, 0.5) is 5.69 Å². The number of carbonyl (C=O) groups excluding carboxylic acids is 1. The van der Waals surface area contributed by atoms with Crippen LogP contribution < -0.4 is 20.3 Å². The molecule has 0 saturated carbocycles. The van der Waals surface area contributed by atoms with E-state index in [1.807, 2.05) is 20.8 Å². The molecular formula is C23H29N3O4S2. The minimum Gasteiger partial charge on any atom is -0.497 e. The second-order valence-corrected chi connectivity index (χ2v) is 10.0. The van der Waals surface area contributed by atoms with Crippen LogP contribution in [0.25, 0.3) is 10.2 Å². The highest BCUT2D eigenvalue weighted by Crippen LogP contribution is 2.31. The number of nitrogens with one attached hydrogen (secondary N) is 1. The molecule has 3 rings (SSSR count). The lowest BCUT2D eigenvalue weighted by Crippen LogP contribution is -2.27. The van der Waals surface area contributed by atoms with Crippen molar-refractivity contribution in [3.05, 3.63) is 39.0 Å². The molecule has 0 spiro atoms. The van der Waals surface area contributed by atoms with Crippen molar-refractivity contribution in [1.82, 2.24) is 9.55 Å². The highest BCUT2D eigenvalue weighted by Gasteiger charge is 2.22. The Hall–Kier alpha value is -2.52. The number of benzene rings is 1. The molecule has 0 saturated heterocycles. The zero-order chi connectivity index (χ0) is 23.4. The Morgan fingerprint density at radius 1 is 1.22 bits per heavy atom. The zero-order valence-corrected chi connectivity index (χ0v) is 20.9. The third-order valence-electron chi connectivity index (χ3n) is 5.26. The summed E-state index contributed by atoms with van der Waals surface area (Å²) in [6.45, 7) is 8.44. The maximum atomic E-state index is 13.3. The molecule has 0 aliphatic rings. The van der Waals surface area contributed by atoms with Crippen molar-refractivity contribution in [3.63, 3.8) is 0 Å². The van der Waals surface area contributed by atoms with E-state index in [1.165, 1.54) is 23.1 Å². The molecule has 0 aliphatic heterocycles. The number of carbonyl (C=O) groups is 1. The molecule has 1 unspecified atom stereocenters. The van der Waals surface area contributed by atoms with Gasteiger partial charge in [0.2, 0.25) is 5.91 Å². The predicted molar refractivity (Wildman–Crippen MR) is 132 cm³/mol. The highest BCUT2D eigenvalue weighted by atomic mass is 32.2. The number of hydrogen-bond donors (Lipinski definition) is 1.